The van der Waals surface area contributed by atoms with Gasteiger partial charge in [0.2, 0.25) is 0 Å². The van der Waals surface area contributed by atoms with Crippen molar-refractivity contribution in [3.05, 3.63) is 0 Å². The Kier molecular flexibility index (Phi) is 3.60. The van der Waals surface area contributed by atoms with Crippen molar-refractivity contribution in [1.29, 1.82) is 0 Å². The van der Waals surface area contributed by atoms with Crippen LogP contribution in [-0.2, 0) is 0 Å². The molecule has 0 aromatic rings. The topological polar surface area (TPSA) is 32.3 Å². The molecule has 2 heteroatoms. The zero-order valence-corrected chi connectivity index (χ0v) is 11.0. The first-order valence-corrected chi connectivity index (χ1v) is 6.96. The normalized spacial score (nSPS) is 43.5. The molecular weight excluding hydrogens is 198 g/mol. The third-order valence-corrected chi connectivity index (χ3v) is 4.99. The van der Waals surface area contributed by atoms with E-state index in [9.17, 15) is 5.11 Å². The van der Waals surface area contributed by atoms with Crippen molar-refractivity contribution in [2.24, 2.45) is 11.3 Å². The summed E-state index contributed by atoms with van der Waals surface area (Å²) in [7, 11) is 0. The molecule has 2 rings (SSSR count). The third-order valence-electron chi connectivity index (χ3n) is 4.99. The molecule has 0 radical (unpaired) electrons. The van der Waals surface area contributed by atoms with E-state index in [2.05, 4.69) is 26.1 Å². The maximum absolute atomic E-state index is 9.76. The van der Waals surface area contributed by atoms with E-state index in [1.165, 1.54) is 32.1 Å². The highest BCUT2D eigenvalue weighted by atomic mass is 16.3. The zero-order valence-electron chi connectivity index (χ0n) is 11.0. The lowest BCUT2D eigenvalue weighted by Gasteiger charge is -2.51. The average Bonchev–Trinajstić information content (AvgIpc) is 2.44. The van der Waals surface area contributed by atoms with Crippen LogP contribution >= 0.6 is 0 Å². The van der Waals surface area contributed by atoms with Gasteiger partial charge in [-0.05, 0) is 25.2 Å². The van der Waals surface area contributed by atoms with E-state index < -0.39 is 0 Å². The highest BCUT2D eigenvalue weighted by molar-refractivity contribution is 5.03. The van der Waals surface area contributed by atoms with Crippen LogP contribution in [0.15, 0.2) is 0 Å². The number of rotatable bonds is 2. The van der Waals surface area contributed by atoms with Gasteiger partial charge in [-0.25, -0.2) is 0 Å². The second kappa shape index (κ2) is 4.66. The molecule has 0 amide bonds. The number of aliphatic hydroxyl groups excluding tert-OH is 1. The number of nitrogens with one attached hydrogen (secondary N) is 1. The highest BCUT2D eigenvalue weighted by Crippen LogP contribution is 2.41. The minimum Gasteiger partial charge on any atom is -0.392 e. The van der Waals surface area contributed by atoms with Crippen molar-refractivity contribution >= 4 is 0 Å². The van der Waals surface area contributed by atoms with E-state index in [4.69, 9.17) is 0 Å². The van der Waals surface area contributed by atoms with Crippen molar-refractivity contribution in [1.82, 2.24) is 5.32 Å². The fraction of sp³-hybridized carbons (Fsp3) is 1.00. The summed E-state index contributed by atoms with van der Waals surface area (Å²) in [6.07, 6.45) is 7.70. The van der Waals surface area contributed by atoms with Crippen molar-refractivity contribution in [2.45, 2.75) is 77.5 Å². The monoisotopic (exact) mass is 225 g/mol. The van der Waals surface area contributed by atoms with Crippen molar-refractivity contribution in [3.63, 3.8) is 0 Å². The quantitative estimate of drug-likeness (QED) is 0.708. The second-order valence-electron chi connectivity index (χ2n) is 6.51. The lowest BCUT2D eigenvalue weighted by molar-refractivity contribution is -0.0779. The van der Waals surface area contributed by atoms with E-state index in [1.54, 1.807) is 0 Å². The maximum Gasteiger partial charge on any atom is 0.0621 e. The molecule has 2 aliphatic rings. The van der Waals surface area contributed by atoms with Crippen LogP contribution in [0.2, 0.25) is 0 Å². The Morgan fingerprint density at radius 3 is 2.44 bits per heavy atom. The third kappa shape index (κ3) is 2.28. The van der Waals surface area contributed by atoms with Gasteiger partial charge in [0.25, 0.3) is 0 Å². The van der Waals surface area contributed by atoms with Gasteiger partial charge < -0.3 is 10.4 Å². The van der Waals surface area contributed by atoms with Crippen molar-refractivity contribution in [2.75, 3.05) is 0 Å². The van der Waals surface area contributed by atoms with Gasteiger partial charge in [0, 0.05) is 17.5 Å². The van der Waals surface area contributed by atoms with Gasteiger partial charge in [0.15, 0.2) is 0 Å². The van der Waals surface area contributed by atoms with Crippen molar-refractivity contribution in [3.8, 4) is 0 Å². The second-order valence-corrected chi connectivity index (χ2v) is 6.51. The molecule has 4 atom stereocenters. The van der Waals surface area contributed by atoms with Gasteiger partial charge in [-0.2, -0.15) is 0 Å². The Labute approximate surface area is 99.8 Å². The first-order chi connectivity index (χ1) is 7.51. The molecule has 0 aromatic carbocycles. The molecule has 0 aromatic heterocycles. The molecule has 0 saturated heterocycles. The Balaban J connectivity index is 1.89. The van der Waals surface area contributed by atoms with Crippen LogP contribution in [0.5, 0.6) is 0 Å². The summed E-state index contributed by atoms with van der Waals surface area (Å²) in [5.41, 5.74) is 0.0754. The molecule has 0 bridgehead atoms. The van der Waals surface area contributed by atoms with Gasteiger partial charge in [0.1, 0.15) is 0 Å². The van der Waals surface area contributed by atoms with E-state index in [1.807, 2.05) is 0 Å². The van der Waals surface area contributed by atoms with Crippen LogP contribution in [0.25, 0.3) is 0 Å². The van der Waals surface area contributed by atoms with Crippen LogP contribution in [-0.4, -0.2) is 23.3 Å². The molecular formula is C14H27NO. The van der Waals surface area contributed by atoms with Gasteiger partial charge in [-0.3, -0.25) is 0 Å². The van der Waals surface area contributed by atoms with E-state index >= 15 is 0 Å². The average molecular weight is 225 g/mol. The minimum atomic E-state index is -0.105. The molecule has 16 heavy (non-hydrogen) atoms. The lowest BCUT2D eigenvalue weighted by Crippen LogP contribution is -2.62. The Morgan fingerprint density at radius 1 is 1.12 bits per heavy atom. The Morgan fingerprint density at radius 2 is 1.81 bits per heavy atom. The SMILES string of the molecule is CC1CCCCCC1NC1CC(O)C1(C)C. The maximum atomic E-state index is 9.76. The molecule has 2 N–H and O–H groups in total. The number of aliphatic hydroxyl groups is 1. The first kappa shape index (κ1) is 12.4. The predicted molar refractivity (Wildman–Crippen MR) is 67.4 cm³/mol. The minimum absolute atomic E-state index is 0.0754. The predicted octanol–water partition coefficient (Wildman–Crippen LogP) is 2.70. The largest absolute Gasteiger partial charge is 0.392 e. The van der Waals surface area contributed by atoms with Crippen molar-refractivity contribution < 1.29 is 5.11 Å². The molecule has 2 saturated carbocycles. The highest BCUT2D eigenvalue weighted by Gasteiger charge is 2.47. The smallest absolute Gasteiger partial charge is 0.0621 e. The summed E-state index contributed by atoms with van der Waals surface area (Å²) in [5, 5.41) is 13.6. The first-order valence-electron chi connectivity index (χ1n) is 6.96. The standard InChI is InChI=1S/C14H27NO/c1-10-7-5-4-6-8-11(10)15-12-9-13(16)14(12,2)3/h10-13,15-16H,4-9H2,1-3H3. The summed E-state index contributed by atoms with van der Waals surface area (Å²) in [6, 6.07) is 1.20. The number of hydrogen-bond acceptors (Lipinski definition) is 2. The molecule has 0 spiro atoms. The Hall–Kier alpha value is -0.0800. The van der Waals surface area contributed by atoms with Gasteiger partial charge in [-0.15, -0.1) is 0 Å². The molecule has 0 aliphatic heterocycles. The fourth-order valence-corrected chi connectivity index (χ4v) is 3.18. The summed E-state index contributed by atoms with van der Waals surface area (Å²) in [4.78, 5) is 0. The molecule has 4 unspecified atom stereocenters. The van der Waals surface area contributed by atoms with E-state index in [-0.39, 0.29) is 11.5 Å². The van der Waals surface area contributed by atoms with Crippen LogP contribution in [0, 0.1) is 11.3 Å². The summed E-state index contributed by atoms with van der Waals surface area (Å²) < 4.78 is 0. The molecule has 94 valence electrons. The van der Waals surface area contributed by atoms with E-state index in [0.29, 0.717) is 12.1 Å². The summed E-state index contributed by atoms with van der Waals surface area (Å²) >= 11 is 0. The van der Waals surface area contributed by atoms with Crippen LogP contribution in [0.1, 0.15) is 59.3 Å². The van der Waals surface area contributed by atoms with Crippen LogP contribution < -0.4 is 5.32 Å². The van der Waals surface area contributed by atoms with Gasteiger partial charge in [-0.1, -0.05) is 40.0 Å². The molecule has 2 fully saturated rings. The molecule has 2 aliphatic carbocycles. The summed E-state index contributed by atoms with van der Waals surface area (Å²) in [6.45, 7) is 6.74. The molecule has 2 nitrogen and oxygen atoms in total. The lowest BCUT2D eigenvalue weighted by atomic mass is 9.64. The fourth-order valence-electron chi connectivity index (χ4n) is 3.18. The Bertz CT molecular complexity index is 239. The van der Waals surface area contributed by atoms with Crippen LogP contribution in [0.4, 0.5) is 0 Å². The number of hydrogen-bond donors (Lipinski definition) is 2. The summed E-state index contributed by atoms with van der Waals surface area (Å²) in [5.74, 6) is 0.802. The van der Waals surface area contributed by atoms with Gasteiger partial charge in [0.05, 0.1) is 6.10 Å². The zero-order chi connectivity index (χ0) is 11.8. The van der Waals surface area contributed by atoms with Gasteiger partial charge >= 0.3 is 0 Å². The van der Waals surface area contributed by atoms with Crippen LogP contribution in [0.3, 0.4) is 0 Å². The van der Waals surface area contributed by atoms with E-state index in [0.717, 1.165) is 12.3 Å². The molecule has 0 heterocycles.